The van der Waals surface area contributed by atoms with E-state index in [0.29, 0.717) is 61.3 Å². The number of nitrogens with zero attached hydrogens (tertiary/aromatic N) is 3. The summed E-state index contributed by atoms with van der Waals surface area (Å²) in [6, 6.07) is 9.05. The van der Waals surface area contributed by atoms with E-state index in [2.05, 4.69) is 10.6 Å². The zero-order valence-electron chi connectivity index (χ0n) is 23.8. The number of benzene rings is 2. The summed E-state index contributed by atoms with van der Waals surface area (Å²) in [5.74, 6) is -2.08. The zero-order chi connectivity index (χ0) is 30.9. The molecule has 3 heterocycles. The smallest absolute Gasteiger partial charge is 0.386 e. The summed E-state index contributed by atoms with van der Waals surface area (Å²) >= 11 is 6.43. The fourth-order valence-corrected chi connectivity index (χ4v) is 6.77. The van der Waals surface area contributed by atoms with Gasteiger partial charge in [0.15, 0.2) is 0 Å². The SMILES string of the molecule is CNc1c(Cl)cc2c(c1C=N)CN(CC(F)(F)F)C(=O)[C@H](CC(=O)N1CCC(N3CCc4ccccc4NC3=O)CC1)C2. The minimum atomic E-state index is -4.64. The van der Waals surface area contributed by atoms with Crippen LogP contribution in [0.5, 0.6) is 0 Å². The maximum absolute atomic E-state index is 13.5. The van der Waals surface area contributed by atoms with Crippen LogP contribution in [0.25, 0.3) is 0 Å². The quantitative estimate of drug-likeness (QED) is 0.400. The lowest BCUT2D eigenvalue weighted by molar-refractivity contribution is -0.165. The molecule has 3 aliphatic rings. The average molecular weight is 619 g/mol. The van der Waals surface area contributed by atoms with Gasteiger partial charge in [0.1, 0.15) is 6.54 Å². The maximum Gasteiger partial charge on any atom is 0.406 e. The van der Waals surface area contributed by atoms with Gasteiger partial charge < -0.3 is 30.7 Å². The summed E-state index contributed by atoms with van der Waals surface area (Å²) in [6.07, 6.45) is -2.00. The third-order valence-electron chi connectivity index (χ3n) is 8.58. The molecule has 0 aromatic heterocycles. The molecule has 43 heavy (non-hydrogen) atoms. The minimum Gasteiger partial charge on any atom is -0.386 e. The van der Waals surface area contributed by atoms with Crippen LogP contribution in [-0.4, -0.2) is 84.2 Å². The Morgan fingerprint density at radius 1 is 1.16 bits per heavy atom. The van der Waals surface area contributed by atoms with Gasteiger partial charge in [-0.15, -0.1) is 0 Å². The Morgan fingerprint density at radius 2 is 1.88 bits per heavy atom. The molecule has 1 atom stereocenters. The fourth-order valence-electron chi connectivity index (χ4n) is 6.44. The first-order valence-electron chi connectivity index (χ1n) is 14.3. The van der Waals surface area contributed by atoms with Crippen molar-refractivity contribution >= 4 is 47.0 Å². The van der Waals surface area contributed by atoms with Crippen LogP contribution in [-0.2, 0) is 29.0 Å². The van der Waals surface area contributed by atoms with Crippen LogP contribution in [0.2, 0.25) is 5.02 Å². The Hall–Kier alpha value is -3.80. The normalized spacial score (nSPS) is 19.7. The lowest BCUT2D eigenvalue weighted by Crippen LogP contribution is -2.50. The lowest BCUT2D eigenvalue weighted by Gasteiger charge is -2.38. The van der Waals surface area contributed by atoms with E-state index in [1.54, 1.807) is 18.0 Å². The molecule has 2 aromatic carbocycles. The molecule has 0 saturated carbocycles. The number of fused-ring (bicyclic) bond motifs is 2. The number of hydrogen-bond donors (Lipinski definition) is 3. The first-order valence-corrected chi connectivity index (χ1v) is 14.7. The van der Waals surface area contributed by atoms with Gasteiger partial charge in [0.05, 0.1) is 16.6 Å². The van der Waals surface area contributed by atoms with E-state index in [-0.39, 0.29) is 42.4 Å². The van der Waals surface area contributed by atoms with Gasteiger partial charge in [0, 0.05) is 63.2 Å². The number of para-hydroxylation sites is 1. The summed E-state index contributed by atoms with van der Waals surface area (Å²) in [7, 11) is 1.60. The topological polar surface area (TPSA) is 109 Å². The third kappa shape index (κ3) is 6.58. The Balaban J connectivity index is 1.29. The van der Waals surface area contributed by atoms with Crippen molar-refractivity contribution in [1.82, 2.24) is 14.7 Å². The molecule has 0 radical (unpaired) electrons. The van der Waals surface area contributed by atoms with Crippen molar-refractivity contribution in [3.05, 3.63) is 57.6 Å². The van der Waals surface area contributed by atoms with Gasteiger partial charge in [0.2, 0.25) is 11.8 Å². The lowest BCUT2D eigenvalue weighted by atomic mass is 9.91. The number of carbonyl (C=O) groups is 3. The van der Waals surface area contributed by atoms with Gasteiger partial charge in [-0.1, -0.05) is 29.8 Å². The Bertz CT molecular complexity index is 1430. The number of hydrogen-bond acceptors (Lipinski definition) is 5. The largest absolute Gasteiger partial charge is 0.406 e. The molecule has 2 aromatic rings. The van der Waals surface area contributed by atoms with Crippen molar-refractivity contribution in [2.75, 3.05) is 43.9 Å². The predicted molar refractivity (Wildman–Crippen MR) is 158 cm³/mol. The Labute approximate surface area is 252 Å². The van der Waals surface area contributed by atoms with E-state index < -0.39 is 24.5 Å². The monoisotopic (exact) mass is 618 g/mol. The van der Waals surface area contributed by atoms with Crippen molar-refractivity contribution < 1.29 is 27.6 Å². The highest BCUT2D eigenvalue weighted by molar-refractivity contribution is 6.34. The van der Waals surface area contributed by atoms with E-state index in [1.165, 1.54) is 0 Å². The fraction of sp³-hybridized carbons (Fsp3) is 0.467. The first kappa shape index (κ1) is 30.7. The molecule has 5 rings (SSSR count). The summed E-state index contributed by atoms with van der Waals surface area (Å²) in [5, 5.41) is 14.0. The van der Waals surface area contributed by atoms with E-state index >= 15 is 0 Å². The summed E-state index contributed by atoms with van der Waals surface area (Å²) in [6.45, 7) is -0.499. The molecule has 9 nitrogen and oxygen atoms in total. The predicted octanol–water partition coefficient (Wildman–Crippen LogP) is 4.91. The number of likely N-dealkylation sites (tertiary alicyclic amines) is 1. The van der Waals surface area contributed by atoms with Gasteiger partial charge in [-0.3, -0.25) is 9.59 Å². The van der Waals surface area contributed by atoms with E-state index in [1.807, 2.05) is 29.2 Å². The van der Waals surface area contributed by atoms with Crippen LogP contribution in [0.15, 0.2) is 30.3 Å². The summed E-state index contributed by atoms with van der Waals surface area (Å²) < 4.78 is 40.6. The van der Waals surface area contributed by atoms with E-state index in [4.69, 9.17) is 17.0 Å². The Kier molecular flexibility index (Phi) is 8.86. The average Bonchev–Trinajstić information content (AvgIpc) is 3.21. The summed E-state index contributed by atoms with van der Waals surface area (Å²) in [4.78, 5) is 44.0. The number of carbonyl (C=O) groups excluding carboxylic acids is 3. The number of piperidine rings is 1. The number of anilines is 2. The van der Waals surface area contributed by atoms with Crippen molar-refractivity contribution in [3.8, 4) is 0 Å². The zero-order valence-corrected chi connectivity index (χ0v) is 24.5. The van der Waals surface area contributed by atoms with Crippen molar-refractivity contribution in [1.29, 1.82) is 5.41 Å². The molecule has 13 heteroatoms. The summed E-state index contributed by atoms with van der Waals surface area (Å²) in [5.41, 5.74) is 3.54. The van der Waals surface area contributed by atoms with Crippen LogP contribution in [0.1, 0.15) is 41.5 Å². The highest BCUT2D eigenvalue weighted by atomic mass is 35.5. The van der Waals surface area contributed by atoms with Gasteiger partial charge in [-0.25, -0.2) is 4.79 Å². The van der Waals surface area contributed by atoms with Gasteiger partial charge in [-0.05, 0) is 54.5 Å². The van der Waals surface area contributed by atoms with Crippen molar-refractivity contribution in [3.63, 3.8) is 0 Å². The first-order chi connectivity index (χ1) is 20.5. The second kappa shape index (κ2) is 12.4. The van der Waals surface area contributed by atoms with Gasteiger partial charge in [-0.2, -0.15) is 13.2 Å². The number of nitrogens with one attached hydrogen (secondary N) is 3. The second-order valence-corrected chi connectivity index (χ2v) is 11.6. The molecule has 1 saturated heterocycles. The van der Waals surface area contributed by atoms with Crippen LogP contribution in [0.3, 0.4) is 0 Å². The van der Waals surface area contributed by atoms with Gasteiger partial charge in [0.25, 0.3) is 0 Å². The third-order valence-corrected chi connectivity index (χ3v) is 8.88. The second-order valence-electron chi connectivity index (χ2n) is 11.2. The number of halogens is 4. The number of urea groups is 1. The van der Waals surface area contributed by atoms with Crippen molar-refractivity contribution in [2.24, 2.45) is 5.92 Å². The van der Waals surface area contributed by atoms with E-state index in [9.17, 15) is 27.6 Å². The van der Waals surface area contributed by atoms with Crippen molar-refractivity contribution in [2.45, 2.75) is 50.9 Å². The molecule has 0 bridgehead atoms. The molecule has 0 spiro atoms. The van der Waals surface area contributed by atoms with Gasteiger partial charge >= 0.3 is 12.2 Å². The molecular weight excluding hydrogens is 585 g/mol. The molecule has 4 amide bonds. The molecule has 3 N–H and O–H groups in total. The van der Waals surface area contributed by atoms with Crippen LogP contribution < -0.4 is 10.6 Å². The molecule has 0 unspecified atom stereocenters. The number of rotatable bonds is 6. The van der Waals surface area contributed by atoms with Crippen LogP contribution in [0, 0.1) is 11.3 Å². The minimum absolute atomic E-state index is 0.0315. The Morgan fingerprint density at radius 3 is 2.56 bits per heavy atom. The molecule has 0 aliphatic carbocycles. The highest BCUT2D eigenvalue weighted by Gasteiger charge is 2.40. The molecule has 1 fully saturated rings. The molecular formula is C30H34ClF3N6O3. The van der Waals surface area contributed by atoms with Crippen LogP contribution >= 0.6 is 11.6 Å². The van der Waals surface area contributed by atoms with Crippen LogP contribution in [0.4, 0.5) is 29.3 Å². The standard InChI is InChI=1S/C30H34ClF3N6O3/c1-36-27-22(15-35)23-16-39(17-30(32,33)34)28(42)20(12-19(23)13-24(27)31)14-26(41)38-9-7-21(8-10-38)40-11-6-18-4-2-3-5-25(18)37-29(40)43/h2-5,13,15,20-21,35-36H,6-12,14,16-17H2,1H3,(H,37,43)/t20-/m0/s1. The highest BCUT2D eigenvalue weighted by Crippen LogP contribution is 2.36. The molecule has 230 valence electrons. The maximum atomic E-state index is 13.5. The number of alkyl halides is 3. The van der Waals surface area contributed by atoms with E-state index in [0.717, 1.165) is 22.4 Å². The number of amides is 4. The molecule has 3 aliphatic heterocycles.